The summed E-state index contributed by atoms with van der Waals surface area (Å²) in [6.45, 7) is 0.947. The first-order valence-corrected chi connectivity index (χ1v) is 7.26. The van der Waals surface area contributed by atoms with Crippen molar-refractivity contribution in [3.8, 4) is 5.75 Å². The van der Waals surface area contributed by atoms with Crippen molar-refractivity contribution in [3.05, 3.63) is 27.8 Å². The normalized spacial score (nSPS) is 14.7. The van der Waals surface area contributed by atoms with Crippen LogP contribution in [0.3, 0.4) is 0 Å². The number of morpholine rings is 1. The van der Waals surface area contributed by atoms with Crippen molar-refractivity contribution in [2.24, 2.45) is 0 Å². The van der Waals surface area contributed by atoms with Gasteiger partial charge in [-0.3, -0.25) is 19.7 Å². The zero-order chi connectivity index (χ0) is 19.5. The van der Waals surface area contributed by atoms with Crippen LogP contribution < -0.4 is 10.1 Å². The first-order chi connectivity index (χ1) is 12.1. The number of benzene rings is 1. The average molecular weight is 377 g/mol. The Morgan fingerprint density at radius 2 is 1.92 bits per heavy atom. The van der Waals surface area contributed by atoms with E-state index in [4.69, 9.17) is 9.47 Å². The lowest BCUT2D eigenvalue weighted by atomic mass is 10.1. The average Bonchev–Trinajstić information content (AvgIpc) is 2.60. The zero-order valence-electron chi connectivity index (χ0n) is 13.5. The van der Waals surface area contributed by atoms with E-state index in [1.165, 1.54) is 10.2 Å². The standard InChI is InChI=1S/C14H14F3N3O6/c1-25-11-6-8(12(21)19-2-4-26-5-3-19)10(20(23)24)7-9(11)18-13(22)14(15,16)17/h6-7H,2-5H2,1H3,(H,18,22). The van der Waals surface area contributed by atoms with E-state index >= 15 is 0 Å². The fourth-order valence-electron chi connectivity index (χ4n) is 2.29. The van der Waals surface area contributed by atoms with Crippen LogP contribution in [0.2, 0.25) is 0 Å². The summed E-state index contributed by atoms with van der Waals surface area (Å²) in [5.74, 6) is -3.32. The topological polar surface area (TPSA) is 111 Å². The molecule has 0 aromatic heterocycles. The number of hydrogen-bond donors (Lipinski definition) is 1. The van der Waals surface area contributed by atoms with Gasteiger partial charge in [0.1, 0.15) is 11.3 Å². The van der Waals surface area contributed by atoms with E-state index in [1.54, 1.807) is 0 Å². The lowest BCUT2D eigenvalue weighted by Gasteiger charge is -2.27. The minimum atomic E-state index is -5.19. The van der Waals surface area contributed by atoms with Crippen molar-refractivity contribution in [2.75, 3.05) is 38.7 Å². The molecule has 1 aromatic rings. The van der Waals surface area contributed by atoms with Gasteiger partial charge in [-0.05, 0) is 0 Å². The van der Waals surface area contributed by atoms with Crippen molar-refractivity contribution in [1.82, 2.24) is 4.90 Å². The van der Waals surface area contributed by atoms with Crippen LogP contribution in [0.1, 0.15) is 10.4 Å². The van der Waals surface area contributed by atoms with Crippen LogP contribution in [0, 0.1) is 10.1 Å². The van der Waals surface area contributed by atoms with Crippen LogP contribution in [-0.2, 0) is 9.53 Å². The number of ether oxygens (including phenoxy) is 2. The number of carbonyl (C=O) groups is 2. The Kier molecular flexibility index (Phi) is 5.65. The number of nitro groups is 1. The molecular weight excluding hydrogens is 363 g/mol. The van der Waals surface area contributed by atoms with Crippen LogP contribution in [0.4, 0.5) is 24.5 Å². The third-order valence-electron chi connectivity index (χ3n) is 3.55. The van der Waals surface area contributed by atoms with Gasteiger partial charge in [-0.25, -0.2) is 0 Å². The van der Waals surface area contributed by atoms with Gasteiger partial charge in [0.2, 0.25) is 0 Å². The SMILES string of the molecule is COc1cc(C(=O)N2CCOCC2)c([N+](=O)[O-])cc1NC(=O)C(F)(F)F. The number of nitrogens with zero attached hydrogens (tertiary/aromatic N) is 2. The molecule has 1 fully saturated rings. The quantitative estimate of drug-likeness (QED) is 0.630. The van der Waals surface area contributed by atoms with Crippen molar-refractivity contribution in [2.45, 2.75) is 6.18 Å². The summed E-state index contributed by atoms with van der Waals surface area (Å²) >= 11 is 0. The Hall–Kier alpha value is -2.89. The van der Waals surface area contributed by atoms with Crippen LogP contribution >= 0.6 is 0 Å². The molecule has 0 saturated carbocycles. The summed E-state index contributed by atoms with van der Waals surface area (Å²) < 4.78 is 47.2. The van der Waals surface area contributed by atoms with Crippen molar-refractivity contribution < 1.29 is 37.2 Å². The van der Waals surface area contributed by atoms with Gasteiger partial charge in [0.25, 0.3) is 11.6 Å². The highest BCUT2D eigenvalue weighted by Crippen LogP contribution is 2.34. The number of amides is 2. The third-order valence-corrected chi connectivity index (χ3v) is 3.55. The molecule has 1 aliphatic rings. The fraction of sp³-hybridized carbons (Fsp3) is 0.429. The second-order valence-electron chi connectivity index (χ2n) is 5.18. The van der Waals surface area contributed by atoms with Crippen molar-refractivity contribution in [1.29, 1.82) is 0 Å². The zero-order valence-corrected chi connectivity index (χ0v) is 13.5. The number of nitrogens with one attached hydrogen (secondary N) is 1. The van der Waals surface area contributed by atoms with E-state index < -0.39 is 34.3 Å². The minimum Gasteiger partial charge on any atom is -0.495 e. The molecule has 1 aliphatic heterocycles. The Balaban J connectivity index is 2.44. The molecule has 1 aromatic carbocycles. The van der Waals surface area contributed by atoms with E-state index in [9.17, 15) is 32.9 Å². The first-order valence-electron chi connectivity index (χ1n) is 7.26. The lowest BCUT2D eigenvalue weighted by Crippen LogP contribution is -2.41. The molecule has 0 unspecified atom stereocenters. The molecule has 1 N–H and O–H groups in total. The summed E-state index contributed by atoms with van der Waals surface area (Å²) in [4.78, 5) is 35.3. The number of rotatable bonds is 4. The van der Waals surface area contributed by atoms with E-state index in [0.29, 0.717) is 6.07 Å². The monoisotopic (exact) mass is 377 g/mol. The van der Waals surface area contributed by atoms with Gasteiger partial charge in [-0.2, -0.15) is 13.2 Å². The maximum Gasteiger partial charge on any atom is 0.471 e. The molecule has 0 radical (unpaired) electrons. The van der Waals surface area contributed by atoms with Gasteiger partial charge in [0.05, 0.1) is 30.9 Å². The third kappa shape index (κ3) is 4.20. The van der Waals surface area contributed by atoms with Crippen molar-refractivity contribution >= 4 is 23.2 Å². The second kappa shape index (κ2) is 7.56. The molecule has 1 saturated heterocycles. The summed E-state index contributed by atoms with van der Waals surface area (Å²) in [5, 5.41) is 12.8. The molecule has 9 nitrogen and oxygen atoms in total. The molecule has 1 heterocycles. The van der Waals surface area contributed by atoms with E-state index in [2.05, 4.69) is 0 Å². The number of halogens is 3. The molecule has 26 heavy (non-hydrogen) atoms. The van der Waals surface area contributed by atoms with E-state index in [-0.39, 0.29) is 37.6 Å². The summed E-state index contributed by atoms with van der Waals surface area (Å²) in [5.41, 5.74) is -1.68. The smallest absolute Gasteiger partial charge is 0.471 e. The van der Waals surface area contributed by atoms with Crippen LogP contribution in [-0.4, -0.2) is 61.2 Å². The van der Waals surface area contributed by atoms with Crippen LogP contribution in [0.25, 0.3) is 0 Å². The number of alkyl halides is 3. The highest BCUT2D eigenvalue weighted by molar-refractivity contribution is 6.02. The number of carbonyl (C=O) groups excluding carboxylic acids is 2. The largest absolute Gasteiger partial charge is 0.495 e. The number of anilines is 1. The summed E-state index contributed by atoms with van der Waals surface area (Å²) in [6, 6.07) is 1.60. The maximum atomic E-state index is 12.5. The maximum absolute atomic E-state index is 12.5. The second-order valence-corrected chi connectivity index (χ2v) is 5.18. The van der Waals surface area contributed by atoms with Crippen LogP contribution in [0.5, 0.6) is 5.75 Å². The van der Waals surface area contributed by atoms with Gasteiger partial charge < -0.3 is 19.7 Å². The Morgan fingerprint density at radius 3 is 2.42 bits per heavy atom. The van der Waals surface area contributed by atoms with Gasteiger partial charge in [0.15, 0.2) is 0 Å². The number of methoxy groups -OCH3 is 1. The Bertz CT molecular complexity index is 731. The Labute approximate surface area is 144 Å². The molecule has 142 valence electrons. The summed E-state index contributed by atoms with van der Waals surface area (Å²) in [7, 11) is 1.09. The van der Waals surface area contributed by atoms with E-state index in [1.807, 2.05) is 0 Å². The molecule has 0 aliphatic carbocycles. The molecule has 2 rings (SSSR count). The molecular formula is C14H14F3N3O6. The minimum absolute atomic E-state index is 0.213. The Morgan fingerprint density at radius 1 is 1.31 bits per heavy atom. The predicted octanol–water partition coefficient (Wildman–Crippen LogP) is 1.58. The molecule has 0 bridgehead atoms. The van der Waals surface area contributed by atoms with Crippen LogP contribution in [0.15, 0.2) is 12.1 Å². The van der Waals surface area contributed by atoms with Gasteiger partial charge in [-0.1, -0.05) is 0 Å². The highest BCUT2D eigenvalue weighted by Gasteiger charge is 2.39. The molecule has 0 atom stereocenters. The summed E-state index contributed by atoms with van der Waals surface area (Å²) in [6.07, 6.45) is -5.19. The van der Waals surface area contributed by atoms with Gasteiger partial charge in [0, 0.05) is 25.2 Å². The molecule has 0 spiro atoms. The number of hydrogen-bond acceptors (Lipinski definition) is 6. The number of nitro benzene ring substituents is 1. The fourth-order valence-corrected chi connectivity index (χ4v) is 2.29. The highest BCUT2D eigenvalue weighted by atomic mass is 19.4. The van der Waals surface area contributed by atoms with Crippen molar-refractivity contribution in [3.63, 3.8) is 0 Å². The predicted molar refractivity (Wildman–Crippen MR) is 81.1 cm³/mol. The molecule has 2 amide bonds. The first kappa shape index (κ1) is 19.4. The lowest BCUT2D eigenvalue weighted by molar-refractivity contribution is -0.385. The van der Waals surface area contributed by atoms with E-state index in [0.717, 1.165) is 13.2 Å². The molecule has 12 heteroatoms. The van der Waals surface area contributed by atoms with Gasteiger partial charge in [-0.15, -0.1) is 0 Å². The van der Waals surface area contributed by atoms with Gasteiger partial charge >= 0.3 is 12.1 Å².